The first kappa shape index (κ1) is 11.3. The number of hydrogen-bond acceptors (Lipinski definition) is 4. The van der Waals surface area contributed by atoms with Gasteiger partial charge in [0.15, 0.2) is 5.58 Å². The first-order valence-corrected chi connectivity index (χ1v) is 5.64. The van der Waals surface area contributed by atoms with Crippen molar-refractivity contribution in [3.05, 3.63) is 51.2 Å². The Morgan fingerprint density at radius 3 is 2.68 bits per heavy atom. The quantitative estimate of drug-likeness (QED) is 0.681. The number of benzene rings is 1. The normalized spacial score (nSPS) is 11.0. The van der Waals surface area contributed by atoms with Crippen LogP contribution in [0.25, 0.3) is 22.2 Å². The van der Waals surface area contributed by atoms with Gasteiger partial charge in [0.1, 0.15) is 5.82 Å². The van der Waals surface area contributed by atoms with Gasteiger partial charge >= 0.3 is 5.76 Å². The fourth-order valence-electron chi connectivity index (χ4n) is 1.95. The molecule has 0 unspecified atom stereocenters. The van der Waals surface area contributed by atoms with Crippen molar-refractivity contribution in [2.24, 2.45) is 7.05 Å². The maximum atomic E-state index is 11.7. The summed E-state index contributed by atoms with van der Waals surface area (Å²) in [5, 5.41) is 0. The number of fused-ring (bicyclic) bond motifs is 1. The molecular weight excluding hydrogens is 246 g/mol. The van der Waals surface area contributed by atoms with Gasteiger partial charge in [-0.25, -0.2) is 4.79 Å². The van der Waals surface area contributed by atoms with E-state index in [9.17, 15) is 9.59 Å². The Morgan fingerprint density at radius 1 is 1.16 bits per heavy atom. The molecule has 0 aliphatic rings. The number of nitrogen functional groups attached to an aromatic ring is 1. The van der Waals surface area contributed by atoms with E-state index < -0.39 is 5.76 Å². The predicted octanol–water partition coefficient (Wildman–Crippen LogP) is 1.07. The molecule has 0 aliphatic carbocycles. The molecule has 0 aliphatic heterocycles. The number of hydrogen-bond donors (Lipinski definition) is 2. The third kappa shape index (κ3) is 1.83. The van der Waals surface area contributed by atoms with Crippen molar-refractivity contribution in [1.29, 1.82) is 0 Å². The molecule has 0 fully saturated rings. The van der Waals surface area contributed by atoms with Crippen molar-refractivity contribution >= 4 is 16.9 Å². The van der Waals surface area contributed by atoms with Crippen molar-refractivity contribution < 1.29 is 4.42 Å². The molecule has 0 saturated heterocycles. The number of H-pyrrole nitrogens is 1. The average molecular weight is 257 g/mol. The van der Waals surface area contributed by atoms with E-state index in [2.05, 4.69) is 4.98 Å². The number of nitrogens with one attached hydrogen (secondary N) is 1. The summed E-state index contributed by atoms with van der Waals surface area (Å²) in [6.07, 6.45) is 0. The number of oxazole rings is 1. The number of anilines is 1. The number of aromatic amines is 1. The lowest BCUT2D eigenvalue weighted by molar-refractivity contribution is 0.555. The summed E-state index contributed by atoms with van der Waals surface area (Å²) in [4.78, 5) is 25.4. The van der Waals surface area contributed by atoms with E-state index in [4.69, 9.17) is 10.2 Å². The van der Waals surface area contributed by atoms with Crippen LogP contribution in [-0.4, -0.2) is 9.55 Å². The molecule has 1 aromatic carbocycles. The van der Waals surface area contributed by atoms with Crippen LogP contribution in [0.5, 0.6) is 0 Å². The van der Waals surface area contributed by atoms with Gasteiger partial charge in [-0.15, -0.1) is 0 Å². The number of nitrogens with two attached hydrogens (primary N) is 1. The minimum Gasteiger partial charge on any atom is -0.408 e. The molecule has 3 aromatic rings. The summed E-state index contributed by atoms with van der Waals surface area (Å²) in [5.41, 5.74) is 8.12. The topological polar surface area (TPSA) is 94.0 Å². The fourth-order valence-corrected chi connectivity index (χ4v) is 1.95. The highest BCUT2D eigenvalue weighted by atomic mass is 16.4. The van der Waals surface area contributed by atoms with Crippen molar-refractivity contribution in [3.63, 3.8) is 0 Å². The molecule has 3 N–H and O–H groups in total. The van der Waals surface area contributed by atoms with Crippen LogP contribution in [-0.2, 0) is 7.05 Å². The molecule has 0 amide bonds. The van der Waals surface area contributed by atoms with Gasteiger partial charge in [0.25, 0.3) is 5.56 Å². The summed E-state index contributed by atoms with van der Waals surface area (Å²) in [5.74, 6) is -0.126. The first-order valence-electron chi connectivity index (χ1n) is 5.64. The Kier molecular flexibility index (Phi) is 2.31. The molecular formula is C13H11N3O3. The second-order valence-corrected chi connectivity index (χ2v) is 4.29. The molecule has 96 valence electrons. The molecule has 0 atom stereocenters. The van der Waals surface area contributed by atoms with Crippen LogP contribution < -0.4 is 17.0 Å². The summed E-state index contributed by atoms with van der Waals surface area (Å²) in [7, 11) is 1.61. The number of nitrogens with zero attached hydrogens (tertiary/aromatic N) is 1. The lowest BCUT2D eigenvalue weighted by Gasteiger charge is -2.06. The SMILES string of the molecule is Cn1c(N)cc(-c2ccc3oc(=O)[nH]c3c2)cc1=O. The number of rotatable bonds is 1. The monoisotopic (exact) mass is 257 g/mol. The van der Waals surface area contributed by atoms with Crippen LogP contribution in [0, 0.1) is 0 Å². The summed E-state index contributed by atoms with van der Waals surface area (Å²) >= 11 is 0. The molecule has 0 bridgehead atoms. The van der Waals surface area contributed by atoms with E-state index in [1.807, 2.05) is 0 Å². The van der Waals surface area contributed by atoms with Crippen LogP contribution in [0.4, 0.5) is 5.82 Å². The molecule has 0 spiro atoms. The van der Waals surface area contributed by atoms with Gasteiger partial charge < -0.3 is 10.2 Å². The highest BCUT2D eigenvalue weighted by molar-refractivity contribution is 5.80. The zero-order valence-corrected chi connectivity index (χ0v) is 10.1. The third-order valence-corrected chi connectivity index (χ3v) is 3.05. The van der Waals surface area contributed by atoms with Gasteiger partial charge in [-0.1, -0.05) is 6.07 Å². The van der Waals surface area contributed by atoms with Crippen LogP contribution in [0.3, 0.4) is 0 Å². The van der Waals surface area contributed by atoms with Crippen molar-refractivity contribution in [3.8, 4) is 11.1 Å². The molecule has 2 aromatic heterocycles. The maximum absolute atomic E-state index is 11.7. The molecule has 6 heteroatoms. The van der Waals surface area contributed by atoms with Crippen LogP contribution in [0.15, 0.2) is 44.3 Å². The molecule has 3 rings (SSSR count). The predicted molar refractivity (Wildman–Crippen MR) is 71.9 cm³/mol. The van der Waals surface area contributed by atoms with Crippen LogP contribution in [0.2, 0.25) is 0 Å². The zero-order chi connectivity index (χ0) is 13.6. The second kappa shape index (κ2) is 3.88. The standard InChI is InChI=1S/C13H11N3O3/c1-16-11(14)5-8(6-12(16)17)7-2-3-10-9(4-7)15-13(18)19-10/h2-6H,14H2,1H3,(H,15,18). The Labute approximate surface area is 107 Å². The summed E-state index contributed by atoms with van der Waals surface area (Å²) in [6, 6.07) is 8.40. The fraction of sp³-hybridized carbons (Fsp3) is 0.0769. The highest BCUT2D eigenvalue weighted by Gasteiger charge is 2.06. The maximum Gasteiger partial charge on any atom is 0.417 e. The smallest absolute Gasteiger partial charge is 0.408 e. The number of pyridine rings is 1. The number of aromatic nitrogens is 2. The Morgan fingerprint density at radius 2 is 1.95 bits per heavy atom. The van der Waals surface area contributed by atoms with Gasteiger partial charge in [0.05, 0.1) is 5.52 Å². The van der Waals surface area contributed by atoms with E-state index in [1.54, 1.807) is 31.3 Å². The molecule has 0 radical (unpaired) electrons. The zero-order valence-electron chi connectivity index (χ0n) is 10.1. The van der Waals surface area contributed by atoms with Gasteiger partial charge in [-0.2, -0.15) is 0 Å². The van der Waals surface area contributed by atoms with Crippen molar-refractivity contribution in [1.82, 2.24) is 9.55 Å². The molecule has 0 saturated carbocycles. The minimum absolute atomic E-state index is 0.184. The second-order valence-electron chi connectivity index (χ2n) is 4.29. The molecule has 6 nitrogen and oxygen atoms in total. The van der Waals surface area contributed by atoms with E-state index in [0.29, 0.717) is 22.5 Å². The van der Waals surface area contributed by atoms with E-state index in [-0.39, 0.29) is 5.56 Å². The largest absolute Gasteiger partial charge is 0.417 e. The van der Waals surface area contributed by atoms with Gasteiger partial charge in [0.2, 0.25) is 0 Å². The Balaban J connectivity index is 2.23. The highest BCUT2D eigenvalue weighted by Crippen LogP contribution is 2.23. The van der Waals surface area contributed by atoms with E-state index in [1.165, 1.54) is 10.6 Å². The summed E-state index contributed by atoms with van der Waals surface area (Å²) < 4.78 is 6.29. The minimum atomic E-state index is -0.504. The van der Waals surface area contributed by atoms with Gasteiger partial charge in [-0.05, 0) is 29.3 Å². The van der Waals surface area contributed by atoms with E-state index in [0.717, 1.165) is 5.56 Å². The summed E-state index contributed by atoms with van der Waals surface area (Å²) in [6.45, 7) is 0. The molecule has 19 heavy (non-hydrogen) atoms. The van der Waals surface area contributed by atoms with Crippen LogP contribution >= 0.6 is 0 Å². The Bertz CT molecular complexity index is 886. The lowest BCUT2D eigenvalue weighted by Crippen LogP contribution is -2.18. The van der Waals surface area contributed by atoms with Crippen LogP contribution in [0.1, 0.15) is 0 Å². The average Bonchev–Trinajstić information content (AvgIpc) is 2.74. The third-order valence-electron chi connectivity index (χ3n) is 3.05. The van der Waals surface area contributed by atoms with E-state index >= 15 is 0 Å². The van der Waals surface area contributed by atoms with Gasteiger partial charge in [-0.3, -0.25) is 14.3 Å². The van der Waals surface area contributed by atoms with Crippen molar-refractivity contribution in [2.75, 3.05) is 5.73 Å². The molecule has 2 heterocycles. The van der Waals surface area contributed by atoms with Crippen molar-refractivity contribution in [2.45, 2.75) is 0 Å². The Hall–Kier alpha value is -2.76. The van der Waals surface area contributed by atoms with Gasteiger partial charge in [0, 0.05) is 13.1 Å². The first-order chi connectivity index (χ1) is 9.04. The lowest BCUT2D eigenvalue weighted by atomic mass is 10.1.